The van der Waals surface area contributed by atoms with Gasteiger partial charge in [0.25, 0.3) is 11.1 Å². The Bertz CT molecular complexity index is 924. The Morgan fingerprint density at radius 3 is 2.00 bits per heavy atom. The summed E-state index contributed by atoms with van der Waals surface area (Å²) in [5.41, 5.74) is -0.611. The molecule has 0 amide bonds. The highest BCUT2D eigenvalue weighted by Gasteiger charge is 2.17. The van der Waals surface area contributed by atoms with Crippen LogP contribution >= 0.6 is 23.5 Å². The number of H-pyrrole nitrogens is 1. The molecule has 6 nitrogen and oxygen atoms in total. The number of nitrogens with one attached hydrogen (secondary N) is 1. The standard InChI is InChI=1S/C15H12N4O2S2/c1-19-15(21)13(23-11-7-3-5-9-17-11)12(14(20)18-19)22-10-6-2-4-8-16-10/h2-9H,1H3,(H,18,20). The summed E-state index contributed by atoms with van der Waals surface area (Å²) in [4.78, 5) is 33.8. The van der Waals surface area contributed by atoms with E-state index in [1.807, 2.05) is 12.1 Å². The first-order valence-electron chi connectivity index (χ1n) is 6.66. The van der Waals surface area contributed by atoms with Gasteiger partial charge in [-0.3, -0.25) is 19.4 Å². The number of hydrogen-bond acceptors (Lipinski definition) is 6. The number of aryl methyl sites for hydroxylation is 1. The van der Waals surface area contributed by atoms with Gasteiger partial charge in [-0.05, 0) is 24.3 Å². The van der Waals surface area contributed by atoms with Crippen LogP contribution in [0.1, 0.15) is 0 Å². The zero-order valence-electron chi connectivity index (χ0n) is 12.1. The predicted octanol–water partition coefficient (Wildman–Crippen LogP) is 2.17. The van der Waals surface area contributed by atoms with E-state index >= 15 is 0 Å². The van der Waals surface area contributed by atoms with Gasteiger partial charge in [0, 0.05) is 19.4 Å². The molecular weight excluding hydrogens is 332 g/mol. The summed E-state index contributed by atoms with van der Waals surface area (Å²) in [6.45, 7) is 0. The normalized spacial score (nSPS) is 10.7. The van der Waals surface area contributed by atoms with Crippen LogP contribution < -0.4 is 11.1 Å². The van der Waals surface area contributed by atoms with Gasteiger partial charge in [0.15, 0.2) is 0 Å². The lowest BCUT2D eigenvalue weighted by molar-refractivity contribution is 0.651. The molecule has 0 aliphatic rings. The largest absolute Gasteiger partial charge is 0.280 e. The van der Waals surface area contributed by atoms with E-state index < -0.39 is 0 Å². The molecule has 23 heavy (non-hydrogen) atoms. The van der Waals surface area contributed by atoms with E-state index in [1.165, 1.54) is 35.3 Å². The number of hydrogen-bond donors (Lipinski definition) is 1. The summed E-state index contributed by atoms with van der Waals surface area (Å²) in [6, 6.07) is 10.8. The van der Waals surface area contributed by atoms with Crippen molar-refractivity contribution in [3.05, 3.63) is 69.5 Å². The molecule has 3 aromatic heterocycles. The Hall–Kier alpha value is -2.32. The second kappa shape index (κ2) is 6.84. The highest BCUT2D eigenvalue weighted by molar-refractivity contribution is 8.02. The first kappa shape index (κ1) is 15.6. The van der Waals surface area contributed by atoms with Crippen LogP contribution in [0.25, 0.3) is 0 Å². The van der Waals surface area contributed by atoms with Crippen LogP contribution in [0, 0.1) is 0 Å². The lowest BCUT2D eigenvalue weighted by Gasteiger charge is -2.08. The Labute approximate surface area is 140 Å². The Morgan fingerprint density at radius 1 is 0.913 bits per heavy atom. The summed E-state index contributed by atoms with van der Waals surface area (Å²) >= 11 is 2.34. The van der Waals surface area contributed by atoms with Gasteiger partial charge in [0.05, 0.1) is 4.90 Å². The average Bonchev–Trinajstić information content (AvgIpc) is 2.58. The van der Waals surface area contributed by atoms with Crippen LogP contribution in [0.3, 0.4) is 0 Å². The lowest BCUT2D eigenvalue weighted by Crippen LogP contribution is -2.30. The van der Waals surface area contributed by atoms with Crippen LogP contribution in [0.2, 0.25) is 0 Å². The summed E-state index contributed by atoms with van der Waals surface area (Å²) in [5, 5.41) is 3.82. The van der Waals surface area contributed by atoms with Gasteiger partial charge < -0.3 is 0 Å². The first-order valence-corrected chi connectivity index (χ1v) is 8.29. The minimum Gasteiger partial charge on any atom is -0.267 e. The fraction of sp³-hybridized carbons (Fsp3) is 0.0667. The third kappa shape index (κ3) is 3.54. The zero-order valence-corrected chi connectivity index (χ0v) is 13.7. The molecule has 8 heteroatoms. The molecular formula is C15H12N4O2S2. The first-order chi connectivity index (χ1) is 11.1. The minimum atomic E-state index is -0.332. The number of pyridine rings is 2. The fourth-order valence-electron chi connectivity index (χ4n) is 1.81. The summed E-state index contributed by atoms with van der Waals surface area (Å²) in [6.07, 6.45) is 3.29. The van der Waals surface area contributed by atoms with Crippen LogP contribution in [0.5, 0.6) is 0 Å². The molecule has 0 radical (unpaired) electrons. The maximum atomic E-state index is 12.4. The molecule has 0 saturated heterocycles. The number of rotatable bonds is 4. The highest BCUT2D eigenvalue weighted by atomic mass is 32.2. The van der Waals surface area contributed by atoms with Gasteiger partial charge in [-0.1, -0.05) is 35.7 Å². The third-order valence-corrected chi connectivity index (χ3v) is 5.08. The molecule has 3 rings (SSSR count). The molecule has 0 aliphatic heterocycles. The molecule has 0 unspecified atom stereocenters. The van der Waals surface area contributed by atoms with Crippen LogP contribution in [-0.4, -0.2) is 19.7 Å². The van der Waals surface area contributed by atoms with Crippen molar-refractivity contribution in [2.45, 2.75) is 19.8 Å². The SMILES string of the molecule is Cn1[nH]c(=O)c(Sc2ccccn2)c(Sc2ccccn2)c1=O. The topological polar surface area (TPSA) is 80.6 Å². The molecule has 0 spiro atoms. The number of aromatic amines is 1. The Balaban J connectivity index is 2.09. The average molecular weight is 344 g/mol. The van der Waals surface area contributed by atoms with Gasteiger partial charge >= 0.3 is 0 Å². The van der Waals surface area contributed by atoms with Crippen molar-refractivity contribution in [1.82, 2.24) is 19.7 Å². The number of nitrogens with zero attached hydrogens (tertiary/aromatic N) is 3. The van der Waals surface area contributed by atoms with E-state index in [0.717, 1.165) is 0 Å². The molecule has 0 aliphatic carbocycles. The molecule has 3 aromatic rings. The molecule has 116 valence electrons. The third-order valence-electron chi connectivity index (χ3n) is 2.87. The van der Waals surface area contributed by atoms with Crippen molar-refractivity contribution in [2.24, 2.45) is 7.05 Å². The molecule has 3 heterocycles. The molecule has 0 aromatic carbocycles. The van der Waals surface area contributed by atoms with Gasteiger partial charge in [0.1, 0.15) is 14.9 Å². The second-order valence-electron chi connectivity index (χ2n) is 4.50. The smallest absolute Gasteiger partial charge is 0.267 e. The maximum Gasteiger partial charge on any atom is 0.280 e. The van der Waals surface area contributed by atoms with Gasteiger partial charge in [0.2, 0.25) is 0 Å². The quantitative estimate of drug-likeness (QED) is 0.781. The Morgan fingerprint density at radius 2 is 1.48 bits per heavy atom. The molecule has 1 N–H and O–H groups in total. The van der Waals surface area contributed by atoms with Crippen molar-refractivity contribution in [3.63, 3.8) is 0 Å². The summed E-state index contributed by atoms with van der Waals surface area (Å²) in [7, 11) is 1.52. The van der Waals surface area contributed by atoms with Crippen LogP contribution in [0.4, 0.5) is 0 Å². The van der Waals surface area contributed by atoms with E-state index in [9.17, 15) is 9.59 Å². The van der Waals surface area contributed by atoms with Crippen molar-refractivity contribution in [2.75, 3.05) is 0 Å². The zero-order chi connectivity index (χ0) is 16.2. The Kier molecular flexibility index (Phi) is 4.63. The van der Waals surface area contributed by atoms with Crippen LogP contribution in [0.15, 0.2) is 78.2 Å². The van der Waals surface area contributed by atoms with Crippen LogP contribution in [-0.2, 0) is 7.05 Å². The summed E-state index contributed by atoms with van der Waals surface area (Å²) in [5.74, 6) is 0. The van der Waals surface area contributed by atoms with Crippen molar-refractivity contribution in [3.8, 4) is 0 Å². The summed E-state index contributed by atoms with van der Waals surface area (Å²) < 4.78 is 1.18. The second-order valence-corrected chi connectivity index (χ2v) is 6.56. The highest BCUT2D eigenvalue weighted by Crippen LogP contribution is 2.32. The van der Waals surface area contributed by atoms with E-state index in [0.29, 0.717) is 19.8 Å². The van der Waals surface area contributed by atoms with Gasteiger partial charge in [-0.15, -0.1) is 0 Å². The van der Waals surface area contributed by atoms with Gasteiger partial charge in [-0.2, -0.15) is 0 Å². The number of aromatic nitrogens is 4. The molecule has 0 saturated carbocycles. The van der Waals surface area contributed by atoms with E-state index in [1.54, 1.807) is 36.7 Å². The van der Waals surface area contributed by atoms with E-state index in [2.05, 4.69) is 15.1 Å². The minimum absolute atomic E-state index is 0.279. The van der Waals surface area contributed by atoms with E-state index in [-0.39, 0.29) is 11.1 Å². The van der Waals surface area contributed by atoms with Crippen molar-refractivity contribution >= 4 is 23.5 Å². The predicted molar refractivity (Wildman–Crippen MR) is 89.0 cm³/mol. The fourth-order valence-corrected chi connectivity index (χ4v) is 3.73. The lowest BCUT2D eigenvalue weighted by atomic mass is 10.5. The molecule has 0 atom stereocenters. The molecule has 0 bridgehead atoms. The van der Waals surface area contributed by atoms with Gasteiger partial charge in [-0.25, -0.2) is 9.97 Å². The van der Waals surface area contributed by atoms with Crippen molar-refractivity contribution < 1.29 is 0 Å². The molecule has 0 fully saturated rings. The maximum absolute atomic E-state index is 12.4. The van der Waals surface area contributed by atoms with Crippen molar-refractivity contribution in [1.29, 1.82) is 0 Å². The van der Waals surface area contributed by atoms with E-state index in [4.69, 9.17) is 0 Å². The monoisotopic (exact) mass is 344 g/mol.